The minimum Gasteiger partial charge on any atom is -0.305 e. The summed E-state index contributed by atoms with van der Waals surface area (Å²) in [6, 6.07) is 16.8. The predicted molar refractivity (Wildman–Crippen MR) is 151 cm³/mol. The Labute approximate surface area is 234 Å². The molecule has 4 aromatic rings. The van der Waals surface area contributed by atoms with Crippen LogP contribution in [0.1, 0.15) is 41.9 Å². The van der Waals surface area contributed by atoms with E-state index in [4.69, 9.17) is 0 Å². The van der Waals surface area contributed by atoms with E-state index >= 15 is 0 Å². The van der Waals surface area contributed by atoms with Crippen LogP contribution in [0.3, 0.4) is 0 Å². The molecule has 0 atom stereocenters. The predicted octanol–water partition coefficient (Wildman–Crippen LogP) is 6.08. The highest BCUT2D eigenvalue weighted by Crippen LogP contribution is 2.35. The zero-order valence-corrected chi connectivity index (χ0v) is 23.2. The summed E-state index contributed by atoms with van der Waals surface area (Å²) >= 11 is 2.30. The number of nitrogens with one attached hydrogen (secondary N) is 2. The number of ketones is 1. The molecule has 1 fully saturated rings. The monoisotopic (exact) mass is 579 g/mol. The molecule has 2 amide bonds. The van der Waals surface area contributed by atoms with E-state index in [1.54, 1.807) is 24.3 Å². The van der Waals surface area contributed by atoms with E-state index in [1.165, 1.54) is 30.2 Å². The summed E-state index contributed by atoms with van der Waals surface area (Å²) in [6.07, 6.45) is 6.58. The van der Waals surface area contributed by atoms with E-state index in [-0.39, 0.29) is 37.5 Å². The van der Waals surface area contributed by atoms with Gasteiger partial charge in [0.05, 0.1) is 11.4 Å². The van der Waals surface area contributed by atoms with Gasteiger partial charge in [0.1, 0.15) is 5.69 Å². The third kappa shape index (κ3) is 6.35. The van der Waals surface area contributed by atoms with Gasteiger partial charge in [0, 0.05) is 29.0 Å². The first-order valence-electron chi connectivity index (χ1n) is 12.3. The van der Waals surface area contributed by atoms with Crippen molar-refractivity contribution in [2.75, 3.05) is 10.6 Å². The van der Waals surface area contributed by atoms with Gasteiger partial charge in [-0.2, -0.15) is 0 Å². The van der Waals surface area contributed by atoms with Gasteiger partial charge in [0.15, 0.2) is 20.1 Å². The van der Waals surface area contributed by atoms with Crippen LogP contribution in [-0.4, -0.2) is 35.2 Å². The maximum Gasteiger partial charge on any atom is 0.325 e. The Hall–Kier alpha value is -3.61. The summed E-state index contributed by atoms with van der Waals surface area (Å²) < 4.78 is 26.9. The first-order chi connectivity index (χ1) is 18.9. The van der Waals surface area contributed by atoms with Crippen molar-refractivity contribution in [1.29, 1.82) is 0 Å². The number of hydrogen-bond donors (Lipinski definition) is 2. The molecule has 0 bridgehead atoms. The molecule has 0 radical (unpaired) electrons. The highest BCUT2D eigenvalue weighted by Gasteiger charge is 2.29. The third-order valence-corrected chi connectivity index (χ3v) is 10.4. The molecule has 0 unspecified atom stereocenters. The highest BCUT2D eigenvalue weighted by atomic mass is 32.2. The van der Waals surface area contributed by atoms with Gasteiger partial charge in [0.2, 0.25) is 9.84 Å². The van der Waals surface area contributed by atoms with Gasteiger partial charge in [-0.3, -0.25) is 15.1 Å². The summed E-state index contributed by atoms with van der Waals surface area (Å²) in [5.41, 5.74) is 0.829. The average Bonchev–Trinajstić information content (AvgIpc) is 3.64. The molecule has 9 nitrogen and oxygen atoms in total. The molecule has 0 saturated heterocycles. The van der Waals surface area contributed by atoms with Crippen LogP contribution < -0.4 is 10.6 Å². The first-order valence-corrected chi connectivity index (χ1v) is 15.6. The van der Waals surface area contributed by atoms with E-state index < -0.39 is 15.9 Å². The number of amides is 2. The maximum absolute atomic E-state index is 13.4. The normalized spacial score (nSPS) is 13.7. The largest absolute Gasteiger partial charge is 0.325 e. The summed E-state index contributed by atoms with van der Waals surface area (Å²) in [6.45, 7) is 0. The minimum atomic E-state index is -3.97. The molecule has 3 heterocycles. The number of sulfone groups is 1. The molecular formula is C27H25N5O4S3. The van der Waals surface area contributed by atoms with E-state index in [2.05, 4.69) is 25.6 Å². The van der Waals surface area contributed by atoms with E-state index in [1.807, 2.05) is 30.3 Å². The number of anilines is 2. The number of pyridine rings is 2. The average molecular weight is 580 g/mol. The molecule has 0 spiro atoms. The molecule has 12 heteroatoms. The van der Waals surface area contributed by atoms with Crippen molar-refractivity contribution in [3.63, 3.8) is 0 Å². The molecular weight excluding hydrogens is 555 g/mol. The number of benzene rings is 1. The number of urea groups is 1. The van der Waals surface area contributed by atoms with Crippen molar-refractivity contribution in [2.45, 2.75) is 45.6 Å². The molecule has 5 rings (SSSR count). The van der Waals surface area contributed by atoms with E-state index in [0.29, 0.717) is 11.4 Å². The molecule has 1 saturated carbocycles. The van der Waals surface area contributed by atoms with E-state index in [0.717, 1.165) is 41.9 Å². The van der Waals surface area contributed by atoms with Crippen LogP contribution in [0.4, 0.5) is 15.6 Å². The zero-order valence-electron chi connectivity index (χ0n) is 20.7. The standard InChI is InChI=1S/C27H25N5O4S3/c33-24(18-9-4-5-10-18)23-20(13-8-16-29-23)30-26(34)32-27-31-21(17-37-19-11-2-1-3-12-19)25(38-27)39(35,36)22-14-6-7-15-28-22/h1-3,6-8,11-16,18H,4-5,9-10,17H2,(H2,30,31,32,34). The van der Waals surface area contributed by atoms with Crippen LogP contribution in [0.2, 0.25) is 0 Å². The van der Waals surface area contributed by atoms with Crippen molar-refractivity contribution in [2.24, 2.45) is 5.92 Å². The lowest BCUT2D eigenvalue weighted by molar-refractivity contribution is 0.0918. The van der Waals surface area contributed by atoms with Crippen molar-refractivity contribution < 1.29 is 18.0 Å². The van der Waals surface area contributed by atoms with Gasteiger partial charge < -0.3 is 5.32 Å². The second kappa shape index (κ2) is 12.1. The third-order valence-electron chi connectivity index (χ3n) is 6.17. The molecule has 3 aromatic heterocycles. The Bertz CT molecular complexity index is 1570. The van der Waals surface area contributed by atoms with Crippen molar-refractivity contribution >= 4 is 55.6 Å². The Morgan fingerprint density at radius 3 is 2.41 bits per heavy atom. The second-order valence-electron chi connectivity index (χ2n) is 8.85. The van der Waals surface area contributed by atoms with Gasteiger partial charge in [-0.15, -0.1) is 11.8 Å². The number of nitrogens with zero attached hydrogens (tertiary/aromatic N) is 3. The molecule has 0 aliphatic heterocycles. The van der Waals surface area contributed by atoms with E-state index in [9.17, 15) is 18.0 Å². The lowest BCUT2D eigenvalue weighted by Gasteiger charge is -2.12. The lowest BCUT2D eigenvalue weighted by atomic mass is 9.99. The zero-order chi connectivity index (χ0) is 27.2. The molecule has 1 aromatic carbocycles. The quantitative estimate of drug-likeness (QED) is 0.180. The Morgan fingerprint density at radius 2 is 1.67 bits per heavy atom. The fourth-order valence-electron chi connectivity index (χ4n) is 4.30. The number of carbonyl (C=O) groups excluding carboxylic acids is 2. The highest BCUT2D eigenvalue weighted by molar-refractivity contribution is 7.98. The number of aromatic nitrogens is 3. The number of Topliss-reactive ketones (excluding diaryl/α,β-unsaturated/α-hetero) is 1. The van der Waals surface area contributed by atoms with Gasteiger partial charge in [-0.1, -0.05) is 48.4 Å². The number of thiazole rings is 1. The Balaban J connectivity index is 1.38. The number of hydrogen-bond acceptors (Lipinski definition) is 9. The number of carbonyl (C=O) groups is 2. The van der Waals surface area contributed by atoms with Crippen LogP contribution in [0, 0.1) is 5.92 Å². The molecule has 2 N–H and O–H groups in total. The fourth-order valence-corrected chi connectivity index (χ4v) is 8.06. The van der Waals surface area contributed by atoms with Crippen molar-refractivity contribution in [3.8, 4) is 0 Å². The first kappa shape index (κ1) is 27.0. The van der Waals surface area contributed by atoms with Gasteiger partial charge in [0.25, 0.3) is 0 Å². The van der Waals surface area contributed by atoms with Crippen LogP contribution in [0.5, 0.6) is 0 Å². The van der Waals surface area contributed by atoms with Gasteiger partial charge in [-0.05, 0) is 49.2 Å². The van der Waals surface area contributed by atoms with Gasteiger partial charge in [-0.25, -0.2) is 23.2 Å². The van der Waals surface area contributed by atoms with Crippen LogP contribution in [0.25, 0.3) is 0 Å². The summed E-state index contributed by atoms with van der Waals surface area (Å²) in [7, 11) is -3.97. The Morgan fingerprint density at radius 1 is 0.923 bits per heavy atom. The topological polar surface area (TPSA) is 131 Å². The lowest BCUT2D eigenvalue weighted by Crippen LogP contribution is -2.22. The van der Waals surface area contributed by atoms with Crippen molar-refractivity contribution in [3.05, 3.63) is 84.4 Å². The SMILES string of the molecule is O=C(Nc1nc(CSc2ccccc2)c(S(=O)(=O)c2ccccn2)s1)Nc1cccnc1C(=O)C1CCCC1. The smallest absolute Gasteiger partial charge is 0.305 e. The van der Waals surface area contributed by atoms with Crippen LogP contribution in [-0.2, 0) is 15.6 Å². The summed E-state index contributed by atoms with van der Waals surface area (Å²) in [5.74, 6) is 0.0986. The summed E-state index contributed by atoms with van der Waals surface area (Å²) in [4.78, 5) is 39.6. The summed E-state index contributed by atoms with van der Waals surface area (Å²) in [5, 5.41) is 5.33. The minimum absolute atomic E-state index is 0.0124. The molecule has 200 valence electrons. The molecule has 39 heavy (non-hydrogen) atoms. The van der Waals surface area contributed by atoms with Crippen LogP contribution >= 0.6 is 23.1 Å². The number of thioether (sulfide) groups is 1. The molecule has 1 aliphatic carbocycles. The Kier molecular flexibility index (Phi) is 8.34. The second-order valence-corrected chi connectivity index (χ2v) is 13.0. The van der Waals surface area contributed by atoms with Gasteiger partial charge >= 0.3 is 6.03 Å². The van der Waals surface area contributed by atoms with Crippen molar-refractivity contribution in [1.82, 2.24) is 15.0 Å². The number of rotatable bonds is 9. The van der Waals surface area contributed by atoms with Crippen LogP contribution in [0.15, 0.2) is 87.2 Å². The maximum atomic E-state index is 13.4. The fraction of sp³-hybridized carbons (Fsp3) is 0.222. The molecule has 1 aliphatic rings.